The summed E-state index contributed by atoms with van der Waals surface area (Å²) in [5.41, 5.74) is -0.347. The highest BCUT2D eigenvalue weighted by molar-refractivity contribution is 5.82. The predicted molar refractivity (Wildman–Crippen MR) is 123 cm³/mol. The SMILES string of the molecule is Cn1ccc2cc(-n3c(-c4cc(CCc5c(F)c(F)c(F)c(F)c5F)c(O)cc4O)n[nH]c3=O)ccc21. The van der Waals surface area contributed by atoms with Crippen LogP contribution in [-0.4, -0.2) is 29.5 Å². The minimum Gasteiger partial charge on any atom is -0.508 e. The summed E-state index contributed by atoms with van der Waals surface area (Å²) in [4.78, 5) is 12.6. The van der Waals surface area contributed by atoms with Crippen molar-refractivity contribution in [3.05, 3.63) is 93.3 Å². The summed E-state index contributed by atoms with van der Waals surface area (Å²) in [6, 6.07) is 9.21. The van der Waals surface area contributed by atoms with Gasteiger partial charge in [0, 0.05) is 35.8 Å². The molecule has 0 fully saturated rings. The van der Waals surface area contributed by atoms with Gasteiger partial charge in [-0.3, -0.25) is 0 Å². The molecule has 37 heavy (non-hydrogen) atoms. The molecule has 0 unspecified atom stereocenters. The van der Waals surface area contributed by atoms with E-state index >= 15 is 0 Å². The molecule has 3 N–H and O–H groups in total. The molecule has 0 aliphatic heterocycles. The number of aromatic hydroxyl groups is 2. The second-order valence-corrected chi connectivity index (χ2v) is 8.40. The molecule has 0 radical (unpaired) electrons. The number of phenolic OH excluding ortho intramolecular Hbond substituents is 2. The number of H-pyrrole nitrogens is 1. The van der Waals surface area contributed by atoms with Gasteiger partial charge in [0.15, 0.2) is 29.1 Å². The third-order valence-corrected chi connectivity index (χ3v) is 6.18. The molecule has 0 amide bonds. The number of benzene rings is 3. The van der Waals surface area contributed by atoms with E-state index in [1.54, 1.807) is 18.2 Å². The van der Waals surface area contributed by atoms with Gasteiger partial charge in [-0.1, -0.05) is 0 Å². The van der Waals surface area contributed by atoms with Crippen molar-refractivity contribution in [1.29, 1.82) is 0 Å². The summed E-state index contributed by atoms with van der Waals surface area (Å²) < 4.78 is 71.7. The van der Waals surface area contributed by atoms with Crippen LogP contribution in [0.3, 0.4) is 0 Å². The van der Waals surface area contributed by atoms with Gasteiger partial charge in [-0.25, -0.2) is 36.4 Å². The van der Waals surface area contributed by atoms with Crippen LogP contribution < -0.4 is 5.69 Å². The van der Waals surface area contributed by atoms with Crippen molar-refractivity contribution < 1.29 is 32.2 Å². The number of fused-ring (bicyclic) bond motifs is 1. The molecule has 5 aromatic rings. The molecule has 0 atom stereocenters. The van der Waals surface area contributed by atoms with Crippen LogP contribution in [0.15, 0.2) is 47.4 Å². The second kappa shape index (κ2) is 8.80. The summed E-state index contributed by atoms with van der Waals surface area (Å²) >= 11 is 0. The fourth-order valence-electron chi connectivity index (χ4n) is 4.26. The maximum absolute atomic E-state index is 14.1. The smallest absolute Gasteiger partial charge is 0.348 e. The van der Waals surface area contributed by atoms with Gasteiger partial charge in [0.25, 0.3) is 0 Å². The van der Waals surface area contributed by atoms with Crippen molar-refractivity contribution in [2.75, 3.05) is 0 Å². The lowest BCUT2D eigenvalue weighted by molar-refractivity contribution is 0.369. The Bertz CT molecular complexity index is 1730. The average Bonchev–Trinajstić information content (AvgIpc) is 3.44. The second-order valence-electron chi connectivity index (χ2n) is 8.40. The Balaban J connectivity index is 1.56. The highest BCUT2D eigenvalue weighted by Gasteiger charge is 2.26. The number of nitrogens with zero attached hydrogens (tertiary/aromatic N) is 3. The van der Waals surface area contributed by atoms with Crippen LogP contribution in [0.4, 0.5) is 22.0 Å². The Morgan fingerprint density at radius 2 is 1.54 bits per heavy atom. The Morgan fingerprint density at radius 3 is 2.24 bits per heavy atom. The van der Waals surface area contributed by atoms with Gasteiger partial charge < -0.3 is 14.8 Å². The third-order valence-electron chi connectivity index (χ3n) is 6.18. The van der Waals surface area contributed by atoms with E-state index in [4.69, 9.17) is 0 Å². The summed E-state index contributed by atoms with van der Waals surface area (Å²) in [5, 5.41) is 27.9. The number of halogens is 5. The molecule has 0 aliphatic rings. The fraction of sp³-hybridized carbons (Fsp3) is 0.120. The van der Waals surface area contributed by atoms with Gasteiger partial charge in [-0.15, -0.1) is 0 Å². The lowest BCUT2D eigenvalue weighted by Gasteiger charge is -2.12. The summed E-state index contributed by atoms with van der Waals surface area (Å²) in [7, 11) is 1.86. The first-order valence-electron chi connectivity index (χ1n) is 10.9. The number of hydrogen-bond acceptors (Lipinski definition) is 4. The Hall–Kier alpha value is -4.61. The van der Waals surface area contributed by atoms with Gasteiger partial charge in [-0.05, 0) is 48.7 Å². The van der Waals surface area contributed by atoms with Crippen molar-refractivity contribution in [3.8, 4) is 28.6 Å². The molecule has 0 aliphatic carbocycles. The topological polar surface area (TPSA) is 96.1 Å². The normalized spacial score (nSPS) is 11.5. The standard InChI is InChI=1S/C25H17F5N4O3/c1-33-7-6-11-8-13(3-5-16(11)33)34-24(31-32-25(34)37)15-9-12(17(35)10-18(15)36)2-4-14-19(26)21(28)23(30)22(29)20(14)27/h3,5-10,35-36H,2,4H2,1H3,(H,32,37). The lowest BCUT2D eigenvalue weighted by atomic mass is 9.99. The number of rotatable bonds is 5. The van der Waals surface area contributed by atoms with Crippen LogP contribution in [0.25, 0.3) is 28.0 Å². The van der Waals surface area contributed by atoms with E-state index in [1.165, 1.54) is 10.6 Å². The highest BCUT2D eigenvalue weighted by Crippen LogP contribution is 2.36. The Labute approximate surface area is 204 Å². The Morgan fingerprint density at radius 1 is 0.865 bits per heavy atom. The zero-order valence-corrected chi connectivity index (χ0v) is 19.0. The van der Waals surface area contributed by atoms with E-state index in [2.05, 4.69) is 10.2 Å². The monoisotopic (exact) mass is 516 g/mol. The van der Waals surface area contributed by atoms with E-state index in [9.17, 15) is 37.0 Å². The van der Waals surface area contributed by atoms with E-state index in [0.29, 0.717) is 5.69 Å². The van der Waals surface area contributed by atoms with Gasteiger partial charge in [0.2, 0.25) is 5.82 Å². The number of hydrogen-bond donors (Lipinski definition) is 3. The quantitative estimate of drug-likeness (QED) is 0.181. The number of phenols is 2. The third kappa shape index (κ3) is 3.90. The van der Waals surface area contributed by atoms with Crippen molar-refractivity contribution >= 4 is 10.9 Å². The van der Waals surface area contributed by atoms with Crippen molar-refractivity contribution in [3.63, 3.8) is 0 Å². The van der Waals surface area contributed by atoms with Gasteiger partial charge >= 0.3 is 5.69 Å². The summed E-state index contributed by atoms with van der Waals surface area (Å²) in [6.45, 7) is 0. The molecule has 0 bridgehead atoms. The average molecular weight is 516 g/mol. The maximum Gasteiger partial charge on any atom is 0.348 e. The molecule has 3 aromatic carbocycles. The predicted octanol–water partition coefficient (Wildman–Crippen LogP) is 4.61. The molecule has 0 saturated carbocycles. The maximum atomic E-state index is 14.1. The lowest BCUT2D eigenvalue weighted by Crippen LogP contribution is -2.15. The first-order chi connectivity index (χ1) is 17.6. The molecule has 5 rings (SSSR count). The molecule has 7 nitrogen and oxygen atoms in total. The van der Waals surface area contributed by atoms with E-state index in [-0.39, 0.29) is 23.4 Å². The van der Waals surface area contributed by atoms with Crippen molar-refractivity contribution in [1.82, 2.24) is 19.3 Å². The number of aromatic amines is 1. The van der Waals surface area contributed by atoms with Crippen molar-refractivity contribution in [2.45, 2.75) is 12.8 Å². The largest absolute Gasteiger partial charge is 0.508 e. The number of aromatic nitrogens is 4. The van der Waals surface area contributed by atoms with E-state index in [0.717, 1.165) is 17.0 Å². The zero-order valence-electron chi connectivity index (χ0n) is 19.0. The van der Waals surface area contributed by atoms with Gasteiger partial charge in [-0.2, -0.15) is 5.10 Å². The summed E-state index contributed by atoms with van der Waals surface area (Å²) in [6.07, 6.45) is 0.833. The van der Waals surface area contributed by atoms with Crippen molar-refractivity contribution in [2.24, 2.45) is 7.05 Å². The molecule has 0 spiro atoms. The van der Waals surface area contributed by atoms with E-state index < -0.39 is 58.3 Å². The molecule has 12 heteroatoms. The van der Waals surface area contributed by atoms with Crippen LogP contribution in [0.1, 0.15) is 11.1 Å². The number of nitrogens with one attached hydrogen (secondary N) is 1. The highest BCUT2D eigenvalue weighted by atomic mass is 19.2. The minimum absolute atomic E-state index is 0.0113. The van der Waals surface area contributed by atoms with Crippen LogP contribution in [0.5, 0.6) is 11.5 Å². The van der Waals surface area contributed by atoms with Gasteiger partial charge in [0.1, 0.15) is 11.5 Å². The Kier molecular flexibility index (Phi) is 5.73. The zero-order chi connectivity index (χ0) is 26.6. The molecular formula is C25H17F5N4O3. The van der Waals surface area contributed by atoms with Crippen LogP contribution in [0.2, 0.25) is 0 Å². The first-order valence-corrected chi connectivity index (χ1v) is 10.9. The molecule has 0 saturated heterocycles. The van der Waals surface area contributed by atoms with Crippen LogP contribution in [0, 0.1) is 29.1 Å². The first kappa shape index (κ1) is 24.1. The molecular weight excluding hydrogens is 499 g/mol. The molecule has 190 valence electrons. The molecule has 2 aromatic heterocycles. The van der Waals surface area contributed by atoms with Crippen LogP contribution in [-0.2, 0) is 19.9 Å². The van der Waals surface area contributed by atoms with E-state index in [1.807, 2.05) is 23.9 Å². The van der Waals surface area contributed by atoms with Gasteiger partial charge in [0.05, 0.1) is 11.3 Å². The summed E-state index contributed by atoms with van der Waals surface area (Å²) in [5.74, 6) is -11.3. The number of aryl methyl sites for hydroxylation is 2. The minimum atomic E-state index is -2.27. The van der Waals surface area contributed by atoms with Crippen LogP contribution >= 0.6 is 0 Å². The fourth-order valence-corrected chi connectivity index (χ4v) is 4.26. The molecule has 2 heterocycles.